The number of carbonyl (C=O) groups is 1. The number of halogens is 4. The molecule has 0 radical (unpaired) electrons. The predicted molar refractivity (Wildman–Crippen MR) is 92.7 cm³/mol. The summed E-state index contributed by atoms with van der Waals surface area (Å²) in [5.74, 6) is -0.998. The van der Waals surface area contributed by atoms with E-state index in [2.05, 4.69) is 15.9 Å². The molecule has 1 saturated heterocycles. The van der Waals surface area contributed by atoms with Crippen LogP contribution in [0.2, 0.25) is 0 Å². The number of alkyl halides is 3. The van der Waals surface area contributed by atoms with Crippen LogP contribution in [0.1, 0.15) is 34.9 Å². The third kappa shape index (κ3) is 3.75. The number of hydrogen-bond donors (Lipinski definition) is 1. The van der Waals surface area contributed by atoms with Crippen molar-refractivity contribution in [3.63, 3.8) is 0 Å². The van der Waals surface area contributed by atoms with Gasteiger partial charge in [-0.25, -0.2) is 0 Å². The average molecular weight is 434 g/mol. The summed E-state index contributed by atoms with van der Waals surface area (Å²) in [6, 6.07) is 7.41. The fourth-order valence-corrected chi connectivity index (χ4v) is 4.89. The van der Waals surface area contributed by atoms with Crippen molar-refractivity contribution in [1.29, 1.82) is 0 Å². The van der Waals surface area contributed by atoms with Gasteiger partial charge in [0.1, 0.15) is 6.04 Å². The predicted octanol–water partition coefficient (Wildman–Crippen LogP) is 5.17. The Morgan fingerprint density at radius 3 is 2.60 bits per heavy atom. The van der Waals surface area contributed by atoms with E-state index in [-0.39, 0.29) is 5.56 Å². The second-order valence-electron chi connectivity index (χ2n) is 5.86. The van der Waals surface area contributed by atoms with Gasteiger partial charge in [-0.05, 0) is 52.5 Å². The minimum Gasteiger partial charge on any atom is -0.480 e. The molecule has 0 bridgehead atoms. The van der Waals surface area contributed by atoms with E-state index in [1.807, 2.05) is 0 Å². The molecule has 1 aromatic heterocycles. The first-order chi connectivity index (χ1) is 11.8. The highest BCUT2D eigenvalue weighted by Gasteiger charge is 2.41. The topological polar surface area (TPSA) is 40.5 Å². The van der Waals surface area contributed by atoms with Gasteiger partial charge in [0.15, 0.2) is 0 Å². The zero-order chi connectivity index (χ0) is 18.2. The molecule has 0 saturated carbocycles. The van der Waals surface area contributed by atoms with E-state index in [0.717, 1.165) is 9.85 Å². The van der Waals surface area contributed by atoms with Crippen molar-refractivity contribution in [3.8, 4) is 0 Å². The summed E-state index contributed by atoms with van der Waals surface area (Å²) in [5.41, 5.74) is -0.627. The second kappa shape index (κ2) is 7.09. The van der Waals surface area contributed by atoms with E-state index in [9.17, 15) is 23.1 Å². The van der Waals surface area contributed by atoms with Crippen molar-refractivity contribution >= 4 is 33.2 Å². The van der Waals surface area contributed by atoms with Crippen molar-refractivity contribution in [1.82, 2.24) is 4.90 Å². The van der Waals surface area contributed by atoms with Crippen LogP contribution in [-0.4, -0.2) is 28.6 Å². The summed E-state index contributed by atoms with van der Waals surface area (Å²) >= 11 is 4.67. The zero-order valence-corrected chi connectivity index (χ0v) is 15.4. The number of carboxylic acids is 1. The van der Waals surface area contributed by atoms with Crippen LogP contribution in [-0.2, 0) is 11.0 Å². The van der Waals surface area contributed by atoms with Crippen LogP contribution in [0, 0.1) is 0 Å². The van der Waals surface area contributed by atoms with Gasteiger partial charge in [0.05, 0.1) is 15.4 Å². The maximum atomic E-state index is 13.5. The molecule has 0 amide bonds. The molecule has 1 aromatic carbocycles. The lowest BCUT2D eigenvalue weighted by Gasteiger charge is -2.32. The first-order valence-electron chi connectivity index (χ1n) is 7.69. The minimum atomic E-state index is -4.50. The van der Waals surface area contributed by atoms with Gasteiger partial charge in [-0.15, -0.1) is 11.3 Å². The molecule has 3 nitrogen and oxygen atoms in total. The summed E-state index contributed by atoms with van der Waals surface area (Å²) in [6.45, 7) is 0.448. The Balaban J connectivity index is 2.15. The molecule has 1 fully saturated rings. The van der Waals surface area contributed by atoms with Crippen LogP contribution < -0.4 is 0 Å². The molecule has 2 aromatic rings. The lowest BCUT2D eigenvalue weighted by molar-refractivity contribution is -0.142. The zero-order valence-electron chi connectivity index (χ0n) is 13.0. The summed E-state index contributed by atoms with van der Waals surface area (Å²) in [5, 5.41) is 9.49. The number of hydrogen-bond acceptors (Lipinski definition) is 3. The summed E-state index contributed by atoms with van der Waals surface area (Å²) in [6.07, 6.45) is -3.41. The molecule has 3 rings (SSSR count). The first kappa shape index (κ1) is 18.4. The molecule has 2 unspecified atom stereocenters. The summed E-state index contributed by atoms with van der Waals surface area (Å²) in [7, 11) is 0. The lowest BCUT2D eigenvalue weighted by Crippen LogP contribution is -2.39. The van der Waals surface area contributed by atoms with E-state index in [0.29, 0.717) is 24.3 Å². The van der Waals surface area contributed by atoms with Crippen LogP contribution >= 0.6 is 27.3 Å². The monoisotopic (exact) mass is 433 g/mol. The maximum absolute atomic E-state index is 13.5. The SMILES string of the molecule is O=C(O)C1CCCN1C(c1ccc(Br)s1)c1ccccc1C(F)(F)F. The van der Waals surface area contributed by atoms with Crippen LogP contribution in [0.4, 0.5) is 13.2 Å². The molecule has 25 heavy (non-hydrogen) atoms. The molecule has 8 heteroatoms. The van der Waals surface area contributed by atoms with Crippen molar-refractivity contribution < 1.29 is 23.1 Å². The number of rotatable bonds is 4. The number of likely N-dealkylation sites (tertiary alicyclic amines) is 1. The molecule has 1 N–H and O–H groups in total. The molecule has 134 valence electrons. The molecular formula is C17H15BrF3NO2S. The number of thiophene rings is 1. The summed E-state index contributed by atoms with van der Waals surface area (Å²) in [4.78, 5) is 14.0. The number of aliphatic carboxylic acids is 1. The van der Waals surface area contributed by atoms with E-state index < -0.39 is 29.8 Å². The van der Waals surface area contributed by atoms with Gasteiger partial charge in [-0.3, -0.25) is 9.69 Å². The van der Waals surface area contributed by atoms with Crippen molar-refractivity contribution in [2.45, 2.75) is 31.1 Å². The normalized spacial score (nSPS) is 19.9. The number of benzene rings is 1. The van der Waals surface area contributed by atoms with Crippen molar-refractivity contribution in [3.05, 3.63) is 56.2 Å². The molecular weight excluding hydrogens is 419 g/mol. The van der Waals surface area contributed by atoms with Gasteiger partial charge in [0.25, 0.3) is 0 Å². The minimum absolute atomic E-state index is 0.0949. The highest BCUT2D eigenvalue weighted by Crippen LogP contribution is 2.43. The molecule has 0 aliphatic carbocycles. The Morgan fingerprint density at radius 1 is 1.28 bits per heavy atom. The average Bonchev–Trinajstić information content (AvgIpc) is 3.17. The highest BCUT2D eigenvalue weighted by atomic mass is 79.9. The standard InChI is InChI=1S/C17H15BrF3NO2S/c18-14-8-7-13(25-14)15(22-9-3-6-12(22)16(23)24)10-4-1-2-5-11(10)17(19,20)21/h1-2,4-5,7-8,12,15H,3,6,9H2,(H,23,24). The fraction of sp³-hybridized carbons (Fsp3) is 0.353. The first-order valence-corrected chi connectivity index (χ1v) is 9.30. The Hall–Kier alpha value is -1.38. The fourth-order valence-electron chi connectivity index (χ4n) is 3.33. The van der Waals surface area contributed by atoms with Crippen LogP contribution in [0.15, 0.2) is 40.2 Å². The van der Waals surface area contributed by atoms with E-state index in [1.165, 1.54) is 23.5 Å². The second-order valence-corrected chi connectivity index (χ2v) is 8.36. The Bertz CT molecular complexity index is 777. The van der Waals surface area contributed by atoms with Crippen LogP contribution in [0.3, 0.4) is 0 Å². The molecule has 2 atom stereocenters. The van der Waals surface area contributed by atoms with Gasteiger partial charge in [-0.1, -0.05) is 18.2 Å². The van der Waals surface area contributed by atoms with Crippen molar-refractivity contribution in [2.24, 2.45) is 0 Å². The van der Waals surface area contributed by atoms with Crippen LogP contribution in [0.25, 0.3) is 0 Å². The Morgan fingerprint density at radius 2 is 2.00 bits per heavy atom. The van der Waals surface area contributed by atoms with Gasteiger partial charge in [0, 0.05) is 11.4 Å². The third-order valence-electron chi connectivity index (χ3n) is 4.34. The number of carboxylic acid groups (broad SMARTS) is 1. The van der Waals surface area contributed by atoms with E-state index in [4.69, 9.17) is 0 Å². The Labute approximate surface area is 155 Å². The van der Waals surface area contributed by atoms with Gasteiger partial charge in [-0.2, -0.15) is 13.2 Å². The third-order valence-corrected chi connectivity index (χ3v) is 6.01. The van der Waals surface area contributed by atoms with E-state index >= 15 is 0 Å². The quantitative estimate of drug-likeness (QED) is 0.722. The van der Waals surface area contributed by atoms with E-state index in [1.54, 1.807) is 23.1 Å². The molecule has 1 aliphatic rings. The van der Waals surface area contributed by atoms with Gasteiger partial charge >= 0.3 is 12.1 Å². The van der Waals surface area contributed by atoms with Crippen molar-refractivity contribution in [2.75, 3.05) is 6.54 Å². The highest BCUT2D eigenvalue weighted by molar-refractivity contribution is 9.11. The van der Waals surface area contributed by atoms with Gasteiger partial charge in [0.2, 0.25) is 0 Å². The van der Waals surface area contributed by atoms with Crippen LogP contribution in [0.5, 0.6) is 0 Å². The lowest BCUT2D eigenvalue weighted by atomic mass is 9.96. The molecule has 1 aliphatic heterocycles. The molecule has 2 heterocycles. The maximum Gasteiger partial charge on any atom is 0.416 e. The van der Waals surface area contributed by atoms with Gasteiger partial charge < -0.3 is 5.11 Å². The smallest absolute Gasteiger partial charge is 0.416 e. The molecule has 0 spiro atoms. The summed E-state index contributed by atoms with van der Waals surface area (Å²) < 4.78 is 41.4. The number of nitrogens with zero attached hydrogens (tertiary/aromatic N) is 1. The largest absolute Gasteiger partial charge is 0.480 e. The Kier molecular flexibility index (Phi) is 5.22.